The molecule has 1 N–H and O–H groups in total. The van der Waals surface area contributed by atoms with Crippen LogP contribution in [0.3, 0.4) is 0 Å². The summed E-state index contributed by atoms with van der Waals surface area (Å²) in [6.45, 7) is 15.3. The van der Waals surface area contributed by atoms with Gasteiger partial charge in [-0.1, -0.05) is 6.92 Å². The van der Waals surface area contributed by atoms with Gasteiger partial charge in [-0.2, -0.15) is 0 Å². The van der Waals surface area contributed by atoms with Crippen molar-refractivity contribution in [3.05, 3.63) is 0 Å². The molecule has 146 valence electrons. The van der Waals surface area contributed by atoms with Crippen LogP contribution in [-0.4, -0.2) is 74.3 Å². The van der Waals surface area contributed by atoms with Crippen LogP contribution < -0.4 is 5.32 Å². The molecule has 3 saturated heterocycles. The Morgan fingerprint density at radius 1 is 1.28 bits per heavy atom. The predicted octanol–water partition coefficient (Wildman–Crippen LogP) is 2.80. The molecule has 0 aromatic rings. The molecule has 0 radical (unpaired) electrons. The van der Waals surface area contributed by atoms with E-state index in [1.165, 1.54) is 38.8 Å². The molecule has 0 aromatic heterocycles. The molecule has 0 aromatic carbocycles. The van der Waals surface area contributed by atoms with Crippen molar-refractivity contribution >= 4 is 29.9 Å². The van der Waals surface area contributed by atoms with Gasteiger partial charge in [0, 0.05) is 37.7 Å². The zero-order valence-electron chi connectivity index (χ0n) is 16.3. The van der Waals surface area contributed by atoms with E-state index in [2.05, 4.69) is 35.9 Å². The molecule has 0 saturated carbocycles. The van der Waals surface area contributed by atoms with E-state index in [0.717, 1.165) is 51.3 Å². The van der Waals surface area contributed by atoms with Crippen molar-refractivity contribution in [1.82, 2.24) is 15.1 Å². The highest BCUT2D eigenvalue weighted by Crippen LogP contribution is 2.38. The lowest BCUT2D eigenvalue weighted by Crippen LogP contribution is -2.44. The maximum Gasteiger partial charge on any atom is 0.193 e. The Bertz CT molecular complexity index is 431. The predicted molar refractivity (Wildman–Crippen MR) is 115 cm³/mol. The molecule has 5 nitrogen and oxygen atoms in total. The van der Waals surface area contributed by atoms with Crippen molar-refractivity contribution in [2.45, 2.75) is 52.5 Å². The quantitative estimate of drug-likeness (QED) is 0.395. The lowest BCUT2D eigenvalue weighted by Gasteiger charge is -2.34. The zero-order chi connectivity index (χ0) is 17.0. The summed E-state index contributed by atoms with van der Waals surface area (Å²) in [4.78, 5) is 10.1. The summed E-state index contributed by atoms with van der Waals surface area (Å²) in [6.07, 6.45) is 5.13. The van der Waals surface area contributed by atoms with Gasteiger partial charge in [0.1, 0.15) is 0 Å². The minimum atomic E-state index is 0. The first-order valence-corrected chi connectivity index (χ1v) is 9.97. The molecule has 2 unspecified atom stereocenters. The number of hydrogen-bond donors (Lipinski definition) is 1. The highest BCUT2D eigenvalue weighted by molar-refractivity contribution is 14.0. The number of halogens is 1. The van der Waals surface area contributed by atoms with Crippen molar-refractivity contribution in [2.75, 3.05) is 52.5 Å². The highest BCUT2D eigenvalue weighted by atomic mass is 127. The van der Waals surface area contributed by atoms with E-state index < -0.39 is 0 Å². The van der Waals surface area contributed by atoms with E-state index in [-0.39, 0.29) is 24.0 Å². The Hall–Kier alpha value is -0.0800. The SMILES string of the molecule is CCNC(=NCC(C)N1CCC(C)CC1)N1CCC2(CCOC2)C1.I. The molecular formula is C19H37IN4O. The van der Waals surface area contributed by atoms with Crippen LogP contribution >= 0.6 is 24.0 Å². The van der Waals surface area contributed by atoms with Gasteiger partial charge in [0.05, 0.1) is 13.2 Å². The number of aliphatic imine (C=N–C) groups is 1. The summed E-state index contributed by atoms with van der Waals surface area (Å²) < 4.78 is 5.66. The lowest BCUT2D eigenvalue weighted by atomic mass is 9.87. The van der Waals surface area contributed by atoms with Crippen LogP contribution in [0.25, 0.3) is 0 Å². The molecule has 3 fully saturated rings. The third-order valence-electron chi connectivity index (χ3n) is 6.20. The fourth-order valence-electron chi connectivity index (χ4n) is 4.32. The molecule has 3 aliphatic rings. The molecule has 6 heteroatoms. The highest BCUT2D eigenvalue weighted by Gasteiger charge is 2.42. The van der Waals surface area contributed by atoms with E-state index in [4.69, 9.17) is 9.73 Å². The molecule has 3 rings (SSSR count). The van der Waals surface area contributed by atoms with Crippen LogP contribution in [0.2, 0.25) is 0 Å². The van der Waals surface area contributed by atoms with E-state index in [0.29, 0.717) is 11.5 Å². The van der Waals surface area contributed by atoms with Gasteiger partial charge in [-0.3, -0.25) is 9.89 Å². The molecule has 25 heavy (non-hydrogen) atoms. The molecule has 0 bridgehead atoms. The zero-order valence-corrected chi connectivity index (χ0v) is 18.6. The topological polar surface area (TPSA) is 40.1 Å². The fourth-order valence-corrected chi connectivity index (χ4v) is 4.32. The number of rotatable bonds is 4. The molecular weight excluding hydrogens is 427 g/mol. The minimum absolute atomic E-state index is 0. The number of piperidine rings is 1. The average molecular weight is 464 g/mol. The van der Waals surface area contributed by atoms with E-state index >= 15 is 0 Å². The number of guanidine groups is 1. The molecule has 2 atom stereocenters. The monoisotopic (exact) mass is 464 g/mol. The normalized spacial score (nSPS) is 29.9. The number of nitrogens with zero attached hydrogens (tertiary/aromatic N) is 3. The molecule has 1 spiro atoms. The first-order chi connectivity index (χ1) is 11.6. The third kappa shape index (κ3) is 5.45. The van der Waals surface area contributed by atoms with Gasteiger partial charge in [0.2, 0.25) is 0 Å². The molecule has 0 aliphatic carbocycles. The maximum absolute atomic E-state index is 5.66. The van der Waals surface area contributed by atoms with Gasteiger partial charge in [0.15, 0.2) is 5.96 Å². The first-order valence-electron chi connectivity index (χ1n) is 9.97. The first kappa shape index (κ1) is 21.2. The van der Waals surface area contributed by atoms with E-state index in [1.807, 2.05) is 0 Å². The standard InChI is InChI=1S/C19H36N4O.HI/c1-4-20-18(23-11-7-19(14-23)8-12-24-15-19)21-13-17(3)22-9-5-16(2)6-10-22;/h16-17H,4-15H2,1-3H3,(H,20,21);1H. The number of hydrogen-bond acceptors (Lipinski definition) is 3. The van der Waals surface area contributed by atoms with Crippen LogP contribution in [0, 0.1) is 11.3 Å². The largest absolute Gasteiger partial charge is 0.381 e. The second-order valence-corrected chi connectivity index (χ2v) is 8.24. The van der Waals surface area contributed by atoms with Gasteiger partial charge in [-0.25, -0.2) is 0 Å². The summed E-state index contributed by atoms with van der Waals surface area (Å²) in [7, 11) is 0. The Kier molecular flexibility index (Phi) is 8.27. The lowest BCUT2D eigenvalue weighted by molar-refractivity contribution is 0.150. The Labute approximate surface area is 171 Å². The van der Waals surface area contributed by atoms with Crippen molar-refractivity contribution < 1.29 is 4.74 Å². The summed E-state index contributed by atoms with van der Waals surface area (Å²) in [6, 6.07) is 0.539. The third-order valence-corrected chi connectivity index (χ3v) is 6.20. The summed E-state index contributed by atoms with van der Waals surface area (Å²) in [5, 5.41) is 3.51. The van der Waals surface area contributed by atoms with Crippen molar-refractivity contribution in [3.8, 4) is 0 Å². The minimum Gasteiger partial charge on any atom is -0.381 e. The van der Waals surface area contributed by atoms with Gasteiger partial charge < -0.3 is 15.0 Å². The van der Waals surface area contributed by atoms with Crippen molar-refractivity contribution in [2.24, 2.45) is 16.3 Å². The number of likely N-dealkylation sites (tertiary alicyclic amines) is 2. The maximum atomic E-state index is 5.66. The summed E-state index contributed by atoms with van der Waals surface area (Å²) in [5.41, 5.74) is 0.394. The average Bonchev–Trinajstić information content (AvgIpc) is 3.22. The van der Waals surface area contributed by atoms with Crippen LogP contribution in [-0.2, 0) is 4.74 Å². The molecule has 0 amide bonds. The van der Waals surface area contributed by atoms with Gasteiger partial charge >= 0.3 is 0 Å². The van der Waals surface area contributed by atoms with E-state index in [9.17, 15) is 0 Å². The fraction of sp³-hybridized carbons (Fsp3) is 0.947. The summed E-state index contributed by atoms with van der Waals surface area (Å²) in [5.74, 6) is 2.00. The van der Waals surface area contributed by atoms with Crippen molar-refractivity contribution in [1.29, 1.82) is 0 Å². The van der Waals surface area contributed by atoms with Crippen LogP contribution in [0.4, 0.5) is 0 Å². The van der Waals surface area contributed by atoms with Crippen LogP contribution in [0.15, 0.2) is 4.99 Å². The van der Waals surface area contributed by atoms with Gasteiger partial charge in [-0.05, 0) is 58.5 Å². The number of nitrogens with one attached hydrogen (secondary N) is 1. The summed E-state index contributed by atoms with van der Waals surface area (Å²) >= 11 is 0. The van der Waals surface area contributed by atoms with Crippen molar-refractivity contribution in [3.63, 3.8) is 0 Å². The van der Waals surface area contributed by atoms with Gasteiger partial charge in [-0.15, -0.1) is 24.0 Å². The molecule has 3 heterocycles. The second kappa shape index (κ2) is 9.74. The Balaban J connectivity index is 0.00000225. The Morgan fingerprint density at radius 3 is 2.68 bits per heavy atom. The van der Waals surface area contributed by atoms with Gasteiger partial charge in [0.25, 0.3) is 0 Å². The van der Waals surface area contributed by atoms with E-state index in [1.54, 1.807) is 0 Å². The smallest absolute Gasteiger partial charge is 0.193 e. The second-order valence-electron chi connectivity index (χ2n) is 8.24. The van der Waals surface area contributed by atoms with Crippen LogP contribution in [0.5, 0.6) is 0 Å². The number of ether oxygens (including phenoxy) is 1. The Morgan fingerprint density at radius 2 is 2.04 bits per heavy atom. The molecule has 3 aliphatic heterocycles. The van der Waals surface area contributed by atoms with Crippen LogP contribution in [0.1, 0.15) is 46.5 Å².